The molecule has 1 aromatic carbocycles. The third-order valence-electron chi connectivity index (χ3n) is 2.64. The number of nitrogen functional groups attached to an aromatic ring is 1. The van der Waals surface area contributed by atoms with Gasteiger partial charge in [-0.2, -0.15) is 4.98 Å². The minimum atomic E-state index is 0.282. The van der Waals surface area contributed by atoms with Gasteiger partial charge in [-0.05, 0) is 24.3 Å². The van der Waals surface area contributed by atoms with Crippen LogP contribution in [0.1, 0.15) is 0 Å². The van der Waals surface area contributed by atoms with Gasteiger partial charge in [-0.25, -0.2) is 0 Å². The van der Waals surface area contributed by atoms with Gasteiger partial charge in [-0.3, -0.25) is 4.98 Å². The van der Waals surface area contributed by atoms with E-state index in [1.807, 2.05) is 30.3 Å². The molecule has 3 aromatic rings. The molecule has 19 heavy (non-hydrogen) atoms. The number of halogens is 1. The van der Waals surface area contributed by atoms with Crippen LogP contribution in [0.4, 0.5) is 5.69 Å². The van der Waals surface area contributed by atoms with Crippen LogP contribution in [0.3, 0.4) is 0 Å². The first-order valence-corrected chi connectivity index (χ1v) is 6.05. The van der Waals surface area contributed by atoms with Gasteiger partial charge in [0.15, 0.2) is 0 Å². The van der Waals surface area contributed by atoms with Crippen molar-refractivity contribution in [3.63, 3.8) is 0 Å². The Kier molecular flexibility index (Phi) is 2.93. The van der Waals surface area contributed by atoms with Crippen molar-refractivity contribution in [1.82, 2.24) is 9.97 Å². The number of aromatic nitrogens is 2. The average molecular weight is 272 g/mol. The highest BCUT2D eigenvalue weighted by atomic mass is 35.5. The van der Waals surface area contributed by atoms with Gasteiger partial charge in [-0.1, -0.05) is 29.8 Å². The molecule has 0 fully saturated rings. The molecule has 0 bridgehead atoms. The number of anilines is 1. The van der Waals surface area contributed by atoms with Crippen LogP contribution in [0.5, 0.6) is 11.6 Å². The summed E-state index contributed by atoms with van der Waals surface area (Å²) >= 11 is 5.82. The second kappa shape index (κ2) is 4.74. The second-order valence-electron chi connectivity index (χ2n) is 3.99. The number of ether oxygens (including phenoxy) is 1. The Morgan fingerprint density at radius 3 is 2.84 bits per heavy atom. The lowest BCUT2D eigenvalue weighted by Crippen LogP contribution is -1.95. The van der Waals surface area contributed by atoms with Gasteiger partial charge in [0.25, 0.3) is 0 Å². The van der Waals surface area contributed by atoms with Crippen LogP contribution < -0.4 is 10.5 Å². The van der Waals surface area contributed by atoms with E-state index in [9.17, 15) is 0 Å². The number of para-hydroxylation sites is 1. The number of hydrogen-bond donors (Lipinski definition) is 1. The van der Waals surface area contributed by atoms with Gasteiger partial charge in [0.1, 0.15) is 10.9 Å². The summed E-state index contributed by atoms with van der Waals surface area (Å²) in [4.78, 5) is 8.34. The maximum atomic E-state index is 5.82. The zero-order chi connectivity index (χ0) is 13.2. The lowest BCUT2D eigenvalue weighted by atomic mass is 10.2. The van der Waals surface area contributed by atoms with Crippen molar-refractivity contribution in [2.75, 3.05) is 5.73 Å². The third kappa shape index (κ3) is 2.44. The van der Waals surface area contributed by atoms with Gasteiger partial charge in [0.2, 0.25) is 5.88 Å². The lowest BCUT2D eigenvalue weighted by Gasteiger charge is -2.07. The van der Waals surface area contributed by atoms with Crippen molar-refractivity contribution in [1.29, 1.82) is 0 Å². The fourth-order valence-corrected chi connectivity index (χ4v) is 1.87. The van der Waals surface area contributed by atoms with Crippen LogP contribution in [0.2, 0.25) is 5.15 Å². The highest BCUT2D eigenvalue weighted by Crippen LogP contribution is 2.27. The molecule has 0 spiro atoms. The van der Waals surface area contributed by atoms with E-state index in [1.54, 1.807) is 18.3 Å². The largest absolute Gasteiger partial charge is 0.435 e. The molecule has 2 heterocycles. The van der Waals surface area contributed by atoms with Crippen molar-refractivity contribution >= 4 is 28.2 Å². The van der Waals surface area contributed by atoms with Gasteiger partial charge in [0, 0.05) is 5.39 Å². The molecular weight excluding hydrogens is 262 g/mol. The molecule has 0 unspecified atom stereocenters. The molecule has 0 radical (unpaired) electrons. The first kappa shape index (κ1) is 11.7. The Bertz CT molecular complexity index is 746. The Labute approximate surface area is 114 Å². The summed E-state index contributed by atoms with van der Waals surface area (Å²) in [5.74, 6) is 0.852. The molecule has 0 aliphatic rings. The fourth-order valence-electron chi connectivity index (χ4n) is 1.73. The molecule has 2 aromatic heterocycles. The van der Waals surface area contributed by atoms with Crippen molar-refractivity contribution in [3.8, 4) is 11.6 Å². The molecule has 0 atom stereocenters. The normalized spacial score (nSPS) is 10.6. The van der Waals surface area contributed by atoms with Crippen LogP contribution in [0, 0.1) is 0 Å². The van der Waals surface area contributed by atoms with Crippen molar-refractivity contribution in [2.24, 2.45) is 0 Å². The number of nitrogens with two attached hydrogens (primary N) is 1. The van der Waals surface area contributed by atoms with E-state index in [0.29, 0.717) is 16.6 Å². The molecule has 0 amide bonds. The SMILES string of the molecule is Nc1ccc(Cl)nc1Oc1cnc2ccccc2c1. The predicted molar refractivity (Wildman–Crippen MR) is 75.5 cm³/mol. The summed E-state index contributed by atoms with van der Waals surface area (Å²) in [6.07, 6.45) is 1.63. The molecule has 0 saturated heterocycles. The summed E-state index contributed by atoms with van der Waals surface area (Å²) in [5.41, 5.74) is 7.12. The number of benzene rings is 1. The highest BCUT2D eigenvalue weighted by Gasteiger charge is 2.06. The number of hydrogen-bond acceptors (Lipinski definition) is 4. The minimum Gasteiger partial charge on any atom is -0.435 e. The number of rotatable bonds is 2. The Balaban J connectivity index is 1.98. The zero-order valence-corrected chi connectivity index (χ0v) is 10.6. The molecule has 94 valence electrons. The molecule has 0 aliphatic carbocycles. The van der Waals surface area contributed by atoms with Crippen LogP contribution in [-0.4, -0.2) is 9.97 Å². The topological polar surface area (TPSA) is 61.0 Å². The van der Waals surface area contributed by atoms with E-state index in [4.69, 9.17) is 22.1 Å². The summed E-state index contributed by atoms with van der Waals surface area (Å²) in [6, 6.07) is 12.9. The summed E-state index contributed by atoms with van der Waals surface area (Å²) in [6.45, 7) is 0. The van der Waals surface area contributed by atoms with Crippen LogP contribution >= 0.6 is 11.6 Å². The summed E-state index contributed by atoms with van der Waals surface area (Å²) in [7, 11) is 0. The molecule has 4 nitrogen and oxygen atoms in total. The highest BCUT2D eigenvalue weighted by molar-refractivity contribution is 6.29. The first-order chi connectivity index (χ1) is 9.22. The standard InChI is InChI=1S/C14H10ClN3O/c15-13-6-5-11(16)14(18-13)19-10-7-9-3-1-2-4-12(9)17-8-10/h1-8H,16H2. The van der Waals surface area contributed by atoms with Crippen LogP contribution in [0.15, 0.2) is 48.7 Å². The van der Waals surface area contributed by atoms with E-state index in [-0.39, 0.29) is 5.88 Å². The lowest BCUT2D eigenvalue weighted by molar-refractivity contribution is 0.464. The van der Waals surface area contributed by atoms with Crippen LogP contribution in [0.25, 0.3) is 10.9 Å². The second-order valence-corrected chi connectivity index (χ2v) is 4.38. The molecule has 0 saturated carbocycles. The van der Waals surface area contributed by atoms with Crippen molar-refractivity contribution < 1.29 is 4.74 Å². The molecule has 5 heteroatoms. The number of fused-ring (bicyclic) bond motifs is 1. The van der Waals surface area contributed by atoms with E-state index < -0.39 is 0 Å². The Morgan fingerprint density at radius 1 is 1.11 bits per heavy atom. The van der Waals surface area contributed by atoms with Gasteiger partial charge < -0.3 is 10.5 Å². The molecule has 0 aliphatic heterocycles. The first-order valence-electron chi connectivity index (χ1n) is 5.67. The fraction of sp³-hybridized carbons (Fsp3) is 0. The Morgan fingerprint density at radius 2 is 1.95 bits per heavy atom. The molecular formula is C14H10ClN3O. The van der Waals surface area contributed by atoms with Gasteiger partial charge >= 0.3 is 0 Å². The third-order valence-corrected chi connectivity index (χ3v) is 2.85. The quantitative estimate of drug-likeness (QED) is 0.723. The molecule has 3 rings (SSSR count). The minimum absolute atomic E-state index is 0.282. The summed E-state index contributed by atoms with van der Waals surface area (Å²) < 4.78 is 5.62. The molecule has 2 N–H and O–H groups in total. The monoisotopic (exact) mass is 271 g/mol. The van der Waals surface area contributed by atoms with Gasteiger partial charge in [0.05, 0.1) is 17.4 Å². The number of pyridine rings is 2. The summed E-state index contributed by atoms with van der Waals surface area (Å²) in [5, 5.41) is 1.32. The number of nitrogens with zero attached hydrogens (tertiary/aromatic N) is 2. The van der Waals surface area contributed by atoms with Crippen molar-refractivity contribution in [3.05, 3.63) is 53.8 Å². The smallest absolute Gasteiger partial charge is 0.244 e. The zero-order valence-electron chi connectivity index (χ0n) is 9.88. The average Bonchev–Trinajstić information content (AvgIpc) is 2.43. The maximum absolute atomic E-state index is 5.82. The van der Waals surface area contributed by atoms with Gasteiger partial charge in [-0.15, -0.1) is 0 Å². The van der Waals surface area contributed by atoms with Crippen molar-refractivity contribution in [2.45, 2.75) is 0 Å². The predicted octanol–water partition coefficient (Wildman–Crippen LogP) is 3.66. The van der Waals surface area contributed by atoms with E-state index in [1.165, 1.54) is 0 Å². The maximum Gasteiger partial charge on any atom is 0.244 e. The Hall–Kier alpha value is -2.33. The van der Waals surface area contributed by atoms with Crippen LogP contribution in [-0.2, 0) is 0 Å². The van der Waals surface area contributed by atoms with E-state index in [2.05, 4.69) is 9.97 Å². The van der Waals surface area contributed by atoms with E-state index in [0.717, 1.165) is 10.9 Å². The van der Waals surface area contributed by atoms with E-state index >= 15 is 0 Å².